The molecule has 0 aliphatic rings. The molecule has 0 bridgehead atoms. The number of methoxy groups -OCH3 is 1. The number of benzene rings is 2. The second-order valence-corrected chi connectivity index (χ2v) is 6.01. The largest absolute Gasteiger partial charge is 0.497 e. The van der Waals surface area contributed by atoms with Crippen molar-refractivity contribution in [3.63, 3.8) is 0 Å². The zero-order valence-electron chi connectivity index (χ0n) is 10.7. The number of fused-ring (bicyclic) bond motifs is 4. The molecule has 0 aliphatic heterocycles. The van der Waals surface area contributed by atoms with E-state index in [4.69, 9.17) is 21.4 Å². The highest BCUT2D eigenvalue weighted by Gasteiger charge is 2.11. The van der Waals surface area contributed by atoms with Crippen LogP contribution in [-0.4, -0.2) is 7.11 Å². The summed E-state index contributed by atoms with van der Waals surface area (Å²) in [7, 11) is 1.65. The van der Waals surface area contributed by atoms with Crippen molar-refractivity contribution in [1.29, 1.82) is 0 Å². The van der Waals surface area contributed by atoms with Gasteiger partial charge in [0.2, 0.25) is 0 Å². The van der Waals surface area contributed by atoms with Crippen molar-refractivity contribution in [3.05, 3.63) is 47.0 Å². The predicted octanol–water partition coefficient (Wildman–Crippen LogP) is 5.54. The van der Waals surface area contributed by atoms with Gasteiger partial charge >= 0.3 is 0 Å². The van der Waals surface area contributed by atoms with Crippen LogP contribution in [0.1, 0.15) is 0 Å². The minimum Gasteiger partial charge on any atom is -0.497 e. The van der Waals surface area contributed by atoms with Gasteiger partial charge in [0.1, 0.15) is 11.3 Å². The van der Waals surface area contributed by atoms with Crippen LogP contribution in [-0.2, 0) is 0 Å². The first-order valence-corrected chi connectivity index (χ1v) is 7.42. The Kier molecular flexibility index (Phi) is 2.55. The zero-order valence-corrected chi connectivity index (χ0v) is 12.3. The highest BCUT2D eigenvalue weighted by atomic mass is 32.1. The average molecular weight is 298 g/mol. The molecule has 0 spiro atoms. The average Bonchev–Trinajstić information content (AvgIpc) is 2.86. The van der Waals surface area contributed by atoms with Gasteiger partial charge in [-0.3, -0.25) is 0 Å². The van der Waals surface area contributed by atoms with Crippen LogP contribution in [0.4, 0.5) is 0 Å². The van der Waals surface area contributed by atoms with Crippen LogP contribution in [0.5, 0.6) is 5.75 Å². The highest BCUT2D eigenvalue weighted by molar-refractivity contribution is 7.72. The third kappa shape index (κ3) is 1.58. The van der Waals surface area contributed by atoms with E-state index in [2.05, 4.69) is 12.1 Å². The van der Waals surface area contributed by atoms with Crippen LogP contribution in [0, 0.1) is 4.51 Å². The highest BCUT2D eigenvalue weighted by Crippen LogP contribution is 2.38. The molecule has 0 atom stereocenters. The van der Waals surface area contributed by atoms with Gasteiger partial charge in [-0.2, -0.15) is 0 Å². The van der Waals surface area contributed by atoms with Gasteiger partial charge in [-0.1, -0.05) is 24.4 Å². The van der Waals surface area contributed by atoms with Crippen LogP contribution >= 0.6 is 23.6 Å². The molecule has 4 heteroatoms. The number of hydrogen-bond donors (Lipinski definition) is 0. The molecule has 4 rings (SSSR count). The smallest absolute Gasteiger partial charge is 0.154 e. The van der Waals surface area contributed by atoms with Crippen molar-refractivity contribution in [2.24, 2.45) is 0 Å². The first-order chi connectivity index (χ1) is 9.78. The van der Waals surface area contributed by atoms with E-state index < -0.39 is 0 Å². The van der Waals surface area contributed by atoms with E-state index in [1.807, 2.05) is 30.3 Å². The third-order valence-electron chi connectivity index (χ3n) is 3.40. The summed E-state index contributed by atoms with van der Waals surface area (Å²) in [6.07, 6.45) is 0. The fourth-order valence-corrected chi connectivity index (χ4v) is 3.87. The summed E-state index contributed by atoms with van der Waals surface area (Å²) in [5.41, 5.74) is 1.68. The van der Waals surface area contributed by atoms with Crippen molar-refractivity contribution < 1.29 is 9.15 Å². The van der Waals surface area contributed by atoms with Gasteiger partial charge < -0.3 is 9.15 Å². The molecule has 2 aromatic heterocycles. The summed E-state index contributed by atoms with van der Waals surface area (Å²) in [6.45, 7) is 0. The zero-order chi connectivity index (χ0) is 13.7. The van der Waals surface area contributed by atoms with Crippen LogP contribution in [0.2, 0.25) is 0 Å². The molecular weight excluding hydrogens is 288 g/mol. The maximum Gasteiger partial charge on any atom is 0.154 e. The standard InChI is InChI=1S/C16H10O2S2/c1-17-9-6-7-12-11(8-9)15(19)16-14(18-12)10-4-2-3-5-13(10)20-16/h2-8H,1H3. The topological polar surface area (TPSA) is 22.4 Å². The van der Waals surface area contributed by atoms with E-state index >= 15 is 0 Å². The maximum atomic E-state index is 6.07. The second kappa shape index (κ2) is 4.30. The first-order valence-electron chi connectivity index (χ1n) is 6.20. The van der Waals surface area contributed by atoms with Crippen molar-refractivity contribution in [1.82, 2.24) is 0 Å². The lowest BCUT2D eigenvalue weighted by Gasteiger charge is -2.02. The SMILES string of the molecule is COc1ccc2oc3c(sc4ccccc43)c(=S)c2c1. The quantitative estimate of drug-likeness (QED) is 0.431. The van der Waals surface area contributed by atoms with E-state index in [0.29, 0.717) is 0 Å². The number of thiophene rings is 1. The van der Waals surface area contributed by atoms with Gasteiger partial charge in [0, 0.05) is 15.5 Å². The molecule has 98 valence electrons. The summed E-state index contributed by atoms with van der Waals surface area (Å²) in [6, 6.07) is 14.0. The Morgan fingerprint density at radius 2 is 1.95 bits per heavy atom. The molecule has 0 aliphatic carbocycles. The van der Waals surface area contributed by atoms with E-state index in [1.54, 1.807) is 18.4 Å². The Hall–Kier alpha value is -1.91. The normalized spacial score (nSPS) is 11.4. The Morgan fingerprint density at radius 3 is 2.80 bits per heavy atom. The molecule has 20 heavy (non-hydrogen) atoms. The molecule has 0 amide bonds. The van der Waals surface area contributed by atoms with Gasteiger partial charge in [0.15, 0.2) is 5.58 Å². The molecule has 0 radical (unpaired) electrons. The first kappa shape index (κ1) is 11.9. The predicted molar refractivity (Wildman–Crippen MR) is 86.5 cm³/mol. The Morgan fingerprint density at radius 1 is 1.10 bits per heavy atom. The molecule has 2 nitrogen and oxygen atoms in total. The van der Waals surface area contributed by atoms with Gasteiger partial charge in [-0.25, -0.2) is 0 Å². The molecule has 2 heterocycles. The van der Waals surface area contributed by atoms with Crippen molar-refractivity contribution in [2.45, 2.75) is 0 Å². The van der Waals surface area contributed by atoms with Crippen LogP contribution in [0.15, 0.2) is 46.9 Å². The lowest BCUT2D eigenvalue weighted by molar-refractivity contribution is 0.415. The minimum absolute atomic E-state index is 0.791. The maximum absolute atomic E-state index is 6.07. The molecule has 0 fully saturated rings. The number of hydrogen-bond acceptors (Lipinski definition) is 4. The number of ether oxygens (including phenoxy) is 1. The Balaban J connectivity index is 2.25. The second-order valence-electron chi connectivity index (χ2n) is 4.55. The van der Waals surface area contributed by atoms with Gasteiger partial charge in [0.25, 0.3) is 0 Å². The lowest BCUT2D eigenvalue weighted by atomic mass is 10.2. The lowest BCUT2D eigenvalue weighted by Crippen LogP contribution is -1.83. The Labute approximate surface area is 124 Å². The molecular formula is C16H10O2S2. The van der Waals surface area contributed by atoms with E-state index in [9.17, 15) is 0 Å². The molecule has 0 saturated heterocycles. The summed E-state index contributed by atoms with van der Waals surface area (Å²) in [5, 5.41) is 2.05. The minimum atomic E-state index is 0.791. The Bertz CT molecular complexity index is 1010. The molecule has 4 aromatic rings. The number of rotatable bonds is 1. The van der Waals surface area contributed by atoms with Crippen LogP contribution in [0.3, 0.4) is 0 Å². The van der Waals surface area contributed by atoms with Crippen molar-refractivity contribution >= 4 is 54.9 Å². The summed E-state index contributed by atoms with van der Waals surface area (Å²) in [5.74, 6) is 0.791. The molecule has 0 saturated carbocycles. The third-order valence-corrected chi connectivity index (χ3v) is 5.12. The summed E-state index contributed by atoms with van der Waals surface area (Å²) in [4.78, 5) is 0. The van der Waals surface area contributed by atoms with E-state index in [0.717, 1.165) is 36.9 Å². The van der Waals surface area contributed by atoms with E-state index in [1.165, 1.54) is 4.70 Å². The summed E-state index contributed by atoms with van der Waals surface area (Å²) < 4.78 is 14.4. The molecule has 0 N–H and O–H groups in total. The monoisotopic (exact) mass is 298 g/mol. The van der Waals surface area contributed by atoms with Gasteiger partial charge in [0.05, 0.1) is 16.3 Å². The van der Waals surface area contributed by atoms with Crippen LogP contribution < -0.4 is 4.74 Å². The van der Waals surface area contributed by atoms with E-state index in [-0.39, 0.29) is 0 Å². The van der Waals surface area contributed by atoms with Crippen molar-refractivity contribution in [3.8, 4) is 5.75 Å². The molecule has 2 aromatic carbocycles. The fourth-order valence-electron chi connectivity index (χ4n) is 2.41. The summed E-state index contributed by atoms with van der Waals surface area (Å²) >= 11 is 7.32. The van der Waals surface area contributed by atoms with Crippen LogP contribution in [0.25, 0.3) is 31.3 Å². The molecule has 0 unspecified atom stereocenters. The van der Waals surface area contributed by atoms with Gasteiger partial charge in [-0.05, 0) is 30.3 Å². The van der Waals surface area contributed by atoms with Crippen molar-refractivity contribution in [2.75, 3.05) is 7.11 Å². The van der Waals surface area contributed by atoms with Gasteiger partial charge in [-0.15, -0.1) is 11.3 Å². The fraction of sp³-hybridized carbons (Fsp3) is 0.0625.